The molecule has 71 heavy (non-hydrogen) atoms. The van der Waals surface area contributed by atoms with Gasteiger partial charge in [0, 0.05) is 45.6 Å². The van der Waals surface area contributed by atoms with Crippen molar-refractivity contribution in [1.29, 1.82) is 0 Å². The lowest BCUT2D eigenvalue weighted by atomic mass is 10.4. The number of carboxylic acid groups (broad SMARTS) is 5. The summed E-state index contributed by atoms with van der Waals surface area (Å²) < 4.78 is 4.43. The number of carbonyl (C=O) groups excluding carboxylic acids is 11. The van der Waals surface area contributed by atoms with Gasteiger partial charge >= 0.3 is 41.8 Å². The molecular weight excluding hydrogens is 986 g/mol. The molecule has 0 aliphatic carbocycles. The predicted molar refractivity (Wildman–Crippen MR) is 218 cm³/mol. The summed E-state index contributed by atoms with van der Waals surface area (Å²) in [5.41, 5.74) is 4.57. The molecule has 0 unspecified atom stereocenters. The number of aliphatic hydroxyl groups excluding tert-OH is 5. The molecule has 0 aromatic carbocycles. The first-order valence-electron chi connectivity index (χ1n) is 18.4. The van der Waals surface area contributed by atoms with Crippen LogP contribution in [0.1, 0.15) is 46.0 Å². The van der Waals surface area contributed by atoms with Crippen LogP contribution < -0.4 is 21.7 Å². The molecule has 0 atom stereocenters. The second kappa shape index (κ2) is 45.6. The molecule has 406 valence electrons. The van der Waals surface area contributed by atoms with E-state index in [2.05, 4.69) is 25.5 Å². The van der Waals surface area contributed by atoms with Crippen LogP contribution in [0.4, 0.5) is 0 Å². The molecule has 16 N–H and O–H groups in total. The number of aliphatic hydroxyl groups is 5. The van der Waals surface area contributed by atoms with E-state index in [1.165, 1.54) is 7.11 Å². The van der Waals surface area contributed by atoms with E-state index in [1.807, 2.05) is 10.6 Å². The molecule has 3 aliphatic rings. The van der Waals surface area contributed by atoms with Crippen LogP contribution in [-0.4, -0.2) is 239 Å². The van der Waals surface area contributed by atoms with Crippen LogP contribution in [0.5, 0.6) is 0 Å². The lowest BCUT2D eigenvalue weighted by Gasteiger charge is -2.10. The zero-order chi connectivity index (χ0) is 55.5. The minimum atomic E-state index is -1.19. The number of hydroxylamine groups is 6. The van der Waals surface area contributed by atoms with Crippen LogP contribution in [0.15, 0.2) is 0 Å². The Morgan fingerprint density at radius 2 is 0.718 bits per heavy atom. The van der Waals surface area contributed by atoms with E-state index >= 15 is 0 Å². The minimum Gasteiger partial charge on any atom is -0.480 e. The standard InChI is InChI=1S/2C6H7NO5.C5H9NO4.2C4H7NO4.C4H5NO3.C2H5NO2.C2H4O3.CH4/c2*8-3-6(11)12-7-4(9)1-2-5(7)10;1-10-3-4(7)6-2-5(8)9;2*6-2-3(7)5-1-4(8)9;6-3-1-2-4(7)5(3)8;2*3-1-2(4)5;/h2*8H,1-3H2;2-3H2,1H3,(H,6,7)(H,8,9);2*6H,1-2H2,(H,5,7)(H,8,9);8H,1-2H2;1,3H2,(H,4,5);3H,1H2,(H,4,5);1H4. The third kappa shape index (κ3) is 46.7. The molecule has 3 heterocycles. The van der Waals surface area contributed by atoms with Crippen molar-refractivity contribution in [1.82, 2.24) is 31.1 Å². The van der Waals surface area contributed by atoms with Gasteiger partial charge in [-0.15, -0.1) is 10.1 Å². The van der Waals surface area contributed by atoms with Gasteiger partial charge in [-0.25, -0.2) is 14.4 Å². The molecule has 37 nitrogen and oxygen atoms in total. The normalized spacial score (nSPS) is 12.5. The molecule has 0 saturated carbocycles. The van der Waals surface area contributed by atoms with Gasteiger partial charge in [-0.1, -0.05) is 7.43 Å². The maximum absolute atomic E-state index is 10.8. The van der Waals surface area contributed by atoms with Crippen molar-refractivity contribution in [3.63, 3.8) is 0 Å². The molecule has 0 aromatic heterocycles. The first-order valence-corrected chi connectivity index (χ1v) is 18.4. The lowest BCUT2D eigenvalue weighted by Crippen LogP contribution is -2.33. The second-order valence-corrected chi connectivity index (χ2v) is 11.4. The Bertz CT molecular complexity index is 1670. The fourth-order valence-electron chi connectivity index (χ4n) is 2.96. The van der Waals surface area contributed by atoms with Crippen LogP contribution in [0.25, 0.3) is 0 Å². The molecule has 3 saturated heterocycles. The number of nitrogens with two attached hydrogens (primary N) is 1. The number of nitrogens with one attached hydrogen (secondary N) is 3. The third-order valence-corrected chi connectivity index (χ3v) is 5.86. The summed E-state index contributed by atoms with van der Waals surface area (Å²) in [6.07, 6.45) is 0.509. The lowest BCUT2D eigenvalue weighted by molar-refractivity contribution is -0.199. The minimum absolute atomic E-state index is 0. The molecule has 3 fully saturated rings. The Morgan fingerprint density at radius 3 is 0.887 bits per heavy atom. The highest BCUT2D eigenvalue weighted by molar-refractivity contribution is 6.02. The maximum Gasteiger partial charge on any atom is 0.358 e. The predicted octanol–water partition coefficient (Wildman–Crippen LogP) is -9.38. The number of carbonyl (C=O) groups is 16. The smallest absolute Gasteiger partial charge is 0.358 e. The van der Waals surface area contributed by atoms with Crippen LogP contribution in [0, 0.1) is 0 Å². The largest absolute Gasteiger partial charge is 0.480 e. The third-order valence-electron chi connectivity index (χ3n) is 5.86. The summed E-state index contributed by atoms with van der Waals surface area (Å²) >= 11 is 0. The van der Waals surface area contributed by atoms with Crippen LogP contribution in [0.3, 0.4) is 0 Å². The molecule has 9 amide bonds. The summed E-state index contributed by atoms with van der Waals surface area (Å²) in [5.74, 6) is -12.5. The van der Waals surface area contributed by atoms with Crippen LogP contribution >= 0.6 is 0 Å². The summed E-state index contributed by atoms with van der Waals surface area (Å²) in [7, 11) is 1.36. The number of nitrogens with zero attached hydrogens (tertiary/aromatic N) is 3. The van der Waals surface area contributed by atoms with Crippen molar-refractivity contribution in [2.45, 2.75) is 46.0 Å². The number of methoxy groups -OCH3 is 1. The Kier molecular flexibility index (Phi) is 47.7. The number of ether oxygens (including phenoxy) is 1. The molecule has 0 bridgehead atoms. The van der Waals surface area contributed by atoms with Crippen molar-refractivity contribution in [3.8, 4) is 0 Å². The molecule has 3 rings (SSSR count). The van der Waals surface area contributed by atoms with Crippen molar-refractivity contribution < 1.29 is 147 Å². The fourth-order valence-corrected chi connectivity index (χ4v) is 2.96. The van der Waals surface area contributed by atoms with E-state index in [-0.39, 0.29) is 70.7 Å². The van der Waals surface area contributed by atoms with Crippen molar-refractivity contribution in [3.05, 3.63) is 0 Å². The highest BCUT2D eigenvalue weighted by Gasteiger charge is 2.33. The first-order chi connectivity index (χ1) is 32.5. The summed E-state index contributed by atoms with van der Waals surface area (Å²) in [5, 5.41) is 94.5. The maximum atomic E-state index is 10.8. The molecule has 0 aromatic rings. The van der Waals surface area contributed by atoms with Crippen LogP contribution in [-0.2, 0) is 91.1 Å². The van der Waals surface area contributed by atoms with E-state index in [9.17, 15) is 71.9 Å². The highest BCUT2D eigenvalue weighted by atomic mass is 16.7. The molecule has 0 radical (unpaired) electrons. The number of hydrogen-bond donors (Lipinski definition) is 15. The van der Waals surface area contributed by atoms with Crippen molar-refractivity contribution >= 4 is 94.9 Å². The van der Waals surface area contributed by atoms with E-state index in [0.29, 0.717) is 10.1 Å². The SMILES string of the molecule is C.COCC(=O)NCC(=O)O.NCC(=O)O.O=C(CO)ON1C(=O)CCC1=O.O=C(CO)ON1C(=O)CCC1=O.O=C(O)CNC(=O)CO.O=C(O)CNC(=O)CO.O=C(O)CO.O=C1CCC(=O)N1O. The Labute approximate surface area is 398 Å². The zero-order valence-electron chi connectivity index (χ0n) is 36.4. The Morgan fingerprint density at radius 1 is 0.465 bits per heavy atom. The molecular formula is C34H55N7O30. The van der Waals surface area contributed by atoms with Gasteiger partial charge in [-0.2, -0.15) is 5.06 Å². The van der Waals surface area contributed by atoms with Crippen LogP contribution in [0.2, 0.25) is 0 Å². The average Bonchev–Trinajstić information content (AvgIpc) is 3.93. The number of amides is 9. The summed E-state index contributed by atoms with van der Waals surface area (Å²) in [4.78, 5) is 171. The quantitative estimate of drug-likeness (QED) is 0.0504. The number of rotatable bonds is 16. The van der Waals surface area contributed by atoms with Gasteiger partial charge in [0.05, 0.1) is 6.54 Å². The van der Waals surface area contributed by atoms with E-state index in [0.717, 1.165) is 0 Å². The van der Waals surface area contributed by atoms with Gasteiger partial charge in [0.15, 0.2) is 0 Å². The number of imide groups is 3. The van der Waals surface area contributed by atoms with Gasteiger partial charge in [-0.3, -0.25) is 67.5 Å². The summed E-state index contributed by atoms with van der Waals surface area (Å²) in [6.45, 7) is -5.46. The summed E-state index contributed by atoms with van der Waals surface area (Å²) in [6, 6.07) is 0. The zero-order valence-corrected chi connectivity index (χ0v) is 36.4. The Hall–Kier alpha value is -8.20. The topological polar surface area (TPSA) is 595 Å². The molecule has 3 aliphatic heterocycles. The Balaban J connectivity index is -0.000000172. The van der Waals surface area contributed by atoms with E-state index in [4.69, 9.17) is 61.1 Å². The van der Waals surface area contributed by atoms with Gasteiger partial charge in [0.2, 0.25) is 17.7 Å². The number of aliphatic carboxylic acids is 5. The van der Waals surface area contributed by atoms with Gasteiger partial charge in [-0.05, 0) is 0 Å². The first kappa shape index (κ1) is 74.3. The number of hydrogen-bond acceptors (Lipinski definition) is 26. The average molecular weight is 1040 g/mol. The number of carboxylic acids is 5. The van der Waals surface area contributed by atoms with Gasteiger partial charge < -0.3 is 87.2 Å². The van der Waals surface area contributed by atoms with Crippen molar-refractivity contribution in [2.24, 2.45) is 5.73 Å². The monoisotopic (exact) mass is 1040 g/mol. The van der Waals surface area contributed by atoms with Crippen molar-refractivity contribution in [2.75, 3.05) is 72.9 Å². The van der Waals surface area contributed by atoms with E-state index in [1.54, 1.807) is 0 Å². The second-order valence-electron chi connectivity index (χ2n) is 11.4. The van der Waals surface area contributed by atoms with E-state index < -0.39 is 141 Å². The van der Waals surface area contributed by atoms with Gasteiger partial charge in [0.25, 0.3) is 35.4 Å². The molecule has 0 spiro atoms. The molecule has 37 heteroatoms. The highest BCUT2D eigenvalue weighted by Crippen LogP contribution is 2.12. The fraction of sp³-hybridized carbons (Fsp3) is 0.529. The van der Waals surface area contributed by atoms with Gasteiger partial charge in [0.1, 0.15) is 59.3 Å².